The smallest absolute Gasteiger partial charge is 0.227 e. The molecule has 3 heterocycles. The van der Waals surface area contributed by atoms with E-state index in [4.69, 9.17) is 4.74 Å². The van der Waals surface area contributed by atoms with E-state index in [1.165, 1.54) is 0 Å². The first-order valence-corrected chi connectivity index (χ1v) is 10.1. The number of benzene rings is 1. The molecule has 0 spiro atoms. The maximum absolute atomic E-state index is 5.81. The Morgan fingerprint density at radius 3 is 2.43 bits per heavy atom. The first-order valence-electron chi connectivity index (χ1n) is 10.1. The molecule has 1 fully saturated rings. The van der Waals surface area contributed by atoms with Gasteiger partial charge in [-0.3, -0.25) is 0 Å². The molecule has 3 aromatic rings. The van der Waals surface area contributed by atoms with Crippen molar-refractivity contribution in [2.24, 2.45) is 0 Å². The molecule has 30 heavy (non-hydrogen) atoms. The largest absolute Gasteiger partial charge is 0.378 e. The van der Waals surface area contributed by atoms with Gasteiger partial charge in [0.2, 0.25) is 5.95 Å². The summed E-state index contributed by atoms with van der Waals surface area (Å²) in [5.74, 6) is 2.00. The highest BCUT2D eigenvalue weighted by Gasteiger charge is 2.24. The van der Waals surface area contributed by atoms with Crippen LogP contribution in [0.1, 0.15) is 13.8 Å². The number of anilines is 4. The van der Waals surface area contributed by atoms with Crippen LogP contribution in [0.15, 0.2) is 48.8 Å². The van der Waals surface area contributed by atoms with Crippen LogP contribution in [0.4, 0.5) is 23.3 Å². The van der Waals surface area contributed by atoms with Crippen molar-refractivity contribution in [3.05, 3.63) is 48.8 Å². The van der Waals surface area contributed by atoms with Crippen LogP contribution >= 0.6 is 0 Å². The highest BCUT2D eigenvalue weighted by molar-refractivity contribution is 5.69. The van der Waals surface area contributed by atoms with E-state index in [-0.39, 0.29) is 12.2 Å². The monoisotopic (exact) mass is 405 g/mol. The van der Waals surface area contributed by atoms with Crippen molar-refractivity contribution in [1.29, 1.82) is 0 Å². The highest BCUT2D eigenvalue weighted by atomic mass is 16.5. The molecule has 0 unspecified atom stereocenters. The standard InChI is InChI=1S/C22H27N7O/c1-15-13-29(14-16(2)30-15)22-23-10-9-20(26-22)25-21-11-18(12-24-27-21)17-5-7-19(8-6-17)28(3)4/h5-12,15-16H,13-14H2,1-4H3,(H,23,25,26,27)/t15-,16+. The number of morpholine rings is 1. The van der Waals surface area contributed by atoms with Crippen molar-refractivity contribution in [3.63, 3.8) is 0 Å². The fourth-order valence-corrected chi connectivity index (χ4v) is 3.58. The zero-order valence-corrected chi connectivity index (χ0v) is 17.8. The van der Waals surface area contributed by atoms with Gasteiger partial charge in [-0.05, 0) is 43.7 Å². The lowest BCUT2D eigenvalue weighted by atomic mass is 10.1. The molecule has 0 saturated carbocycles. The molecule has 0 radical (unpaired) electrons. The lowest BCUT2D eigenvalue weighted by Gasteiger charge is -2.35. The minimum absolute atomic E-state index is 0.149. The fourth-order valence-electron chi connectivity index (χ4n) is 3.58. The second-order valence-electron chi connectivity index (χ2n) is 7.80. The van der Waals surface area contributed by atoms with Crippen molar-refractivity contribution in [2.75, 3.05) is 42.3 Å². The number of hydrogen-bond donors (Lipinski definition) is 1. The van der Waals surface area contributed by atoms with Gasteiger partial charge in [0.05, 0.1) is 18.4 Å². The second kappa shape index (κ2) is 8.62. The number of rotatable bonds is 5. The molecular weight excluding hydrogens is 378 g/mol. The minimum Gasteiger partial charge on any atom is -0.378 e. The van der Waals surface area contributed by atoms with Gasteiger partial charge in [0, 0.05) is 44.6 Å². The molecule has 1 aliphatic heterocycles. The van der Waals surface area contributed by atoms with Crippen LogP contribution in [0, 0.1) is 0 Å². The summed E-state index contributed by atoms with van der Waals surface area (Å²) in [6.45, 7) is 5.67. The topological polar surface area (TPSA) is 79.3 Å². The van der Waals surface area contributed by atoms with E-state index in [0.29, 0.717) is 17.6 Å². The van der Waals surface area contributed by atoms with Gasteiger partial charge in [-0.2, -0.15) is 10.1 Å². The summed E-state index contributed by atoms with van der Waals surface area (Å²) in [7, 11) is 4.05. The molecule has 1 N–H and O–H groups in total. The van der Waals surface area contributed by atoms with Crippen molar-refractivity contribution in [2.45, 2.75) is 26.1 Å². The van der Waals surface area contributed by atoms with E-state index in [2.05, 4.69) is 73.4 Å². The molecule has 1 saturated heterocycles. The molecule has 2 atom stereocenters. The molecule has 0 bridgehead atoms. The fraction of sp³-hybridized carbons (Fsp3) is 0.364. The molecule has 4 rings (SSSR count). The van der Waals surface area contributed by atoms with Crippen LogP contribution in [0.5, 0.6) is 0 Å². The van der Waals surface area contributed by atoms with Crippen LogP contribution in [0.3, 0.4) is 0 Å². The van der Waals surface area contributed by atoms with E-state index in [9.17, 15) is 0 Å². The summed E-state index contributed by atoms with van der Waals surface area (Å²) in [5.41, 5.74) is 3.22. The van der Waals surface area contributed by atoms with Gasteiger partial charge in [-0.1, -0.05) is 12.1 Å². The van der Waals surface area contributed by atoms with Crippen LogP contribution in [-0.2, 0) is 4.74 Å². The third kappa shape index (κ3) is 4.65. The van der Waals surface area contributed by atoms with Gasteiger partial charge in [-0.25, -0.2) is 4.98 Å². The molecular formula is C22H27N7O. The van der Waals surface area contributed by atoms with Gasteiger partial charge in [0.15, 0.2) is 5.82 Å². The third-order valence-electron chi connectivity index (χ3n) is 4.97. The predicted molar refractivity (Wildman–Crippen MR) is 119 cm³/mol. The molecule has 1 aliphatic rings. The molecule has 2 aromatic heterocycles. The second-order valence-corrected chi connectivity index (χ2v) is 7.80. The van der Waals surface area contributed by atoms with E-state index in [0.717, 1.165) is 29.9 Å². The van der Waals surface area contributed by atoms with Gasteiger partial charge < -0.3 is 19.9 Å². The number of hydrogen-bond acceptors (Lipinski definition) is 8. The van der Waals surface area contributed by atoms with Gasteiger partial charge in [-0.15, -0.1) is 5.10 Å². The Hall–Kier alpha value is -3.26. The number of aromatic nitrogens is 4. The Balaban J connectivity index is 1.51. The van der Waals surface area contributed by atoms with Crippen LogP contribution < -0.4 is 15.1 Å². The van der Waals surface area contributed by atoms with Crippen molar-refractivity contribution >= 4 is 23.3 Å². The Kier molecular flexibility index (Phi) is 5.76. The van der Waals surface area contributed by atoms with Gasteiger partial charge in [0.25, 0.3) is 0 Å². The van der Waals surface area contributed by atoms with Crippen LogP contribution in [0.2, 0.25) is 0 Å². The van der Waals surface area contributed by atoms with Gasteiger partial charge >= 0.3 is 0 Å². The predicted octanol–water partition coefficient (Wildman–Crippen LogP) is 3.36. The third-order valence-corrected chi connectivity index (χ3v) is 4.97. The van der Waals surface area contributed by atoms with Crippen LogP contribution in [-0.4, -0.2) is 59.6 Å². The summed E-state index contributed by atoms with van der Waals surface area (Å²) in [5, 5.41) is 11.6. The maximum Gasteiger partial charge on any atom is 0.227 e. The summed E-state index contributed by atoms with van der Waals surface area (Å²) >= 11 is 0. The normalized spacial score (nSPS) is 18.9. The lowest BCUT2D eigenvalue weighted by molar-refractivity contribution is -0.00571. The molecule has 8 heteroatoms. The molecule has 0 aliphatic carbocycles. The van der Waals surface area contributed by atoms with Crippen molar-refractivity contribution in [3.8, 4) is 11.1 Å². The Labute approximate surface area is 176 Å². The molecule has 156 valence electrons. The number of nitrogens with zero attached hydrogens (tertiary/aromatic N) is 6. The summed E-state index contributed by atoms with van der Waals surface area (Å²) in [6.07, 6.45) is 3.82. The average Bonchev–Trinajstić information content (AvgIpc) is 2.73. The van der Waals surface area contributed by atoms with Crippen LogP contribution in [0.25, 0.3) is 11.1 Å². The summed E-state index contributed by atoms with van der Waals surface area (Å²) < 4.78 is 5.81. The highest BCUT2D eigenvalue weighted by Crippen LogP contribution is 2.25. The Morgan fingerprint density at radius 1 is 1.00 bits per heavy atom. The van der Waals surface area contributed by atoms with Crippen molar-refractivity contribution < 1.29 is 4.74 Å². The molecule has 1 aromatic carbocycles. The quantitative estimate of drug-likeness (QED) is 0.692. The van der Waals surface area contributed by atoms with E-state index < -0.39 is 0 Å². The summed E-state index contributed by atoms with van der Waals surface area (Å²) in [4.78, 5) is 13.3. The zero-order chi connectivity index (χ0) is 21.1. The first-order chi connectivity index (χ1) is 14.5. The SMILES string of the molecule is C[C@@H]1CN(c2nccc(Nc3cc(-c4ccc(N(C)C)cc4)cnn3)n2)C[C@H](C)O1. The number of nitrogens with one attached hydrogen (secondary N) is 1. The Morgan fingerprint density at radius 2 is 1.73 bits per heavy atom. The van der Waals surface area contributed by atoms with E-state index >= 15 is 0 Å². The molecule has 8 nitrogen and oxygen atoms in total. The van der Waals surface area contributed by atoms with E-state index in [1.807, 2.05) is 26.2 Å². The summed E-state index contributed by atoms with van der Waals surface area (Å²) in [6, 6.07) is 12.1. The lowest BCUT2D eigenvalue weighted by Crippen LogP contribution is -2.46. The zero-order valence-electron chi connectivity index (χ0n) is 17.8. The Bertz CT molecular complexity index is 983. The minimum atomic E-state index is 0.149. The molecule has 0 amide bonds. The number of ether oxygens (including phenoxy) is 1. The van der Waals surface area contributed by atoms with Crippen molar-refractivity contribution in [1.82, 2.24) is 20.2 Å². The average molecular weight is 406 g/mol. The first kappa shape index (κ1) is 20.0. The van der Waals surface area contributed by atoms with E-state index in [1.54, 1.807) is 12.4 Å². The van der Waals surface area contributed by atoms with Gasteiger partial charge in [0.1, 0.15) is 5.82 Å². The maximum atomic E-state index is 5.81.